The van der Waals surface area contributed by atoms with Crippen LogP contribution in [0.25, 0.3) is 31.6 Å². The summed E-state index contributed by atoms with van der Waals surface area (Å²) in [6, 6.07) is 19.6. The number of hydrogen-bond acceptors (Lipinski definition) is 7. The Hall–Kier alpha value is -2.75. The van der Waals surface area contributed by atoms with Gasteiger partial charge in [0.05, 0.1) is 32.3 Å². The van der Waals surface area contributed by atoms with Gasteiger partial charge in [0.15, 0.2) is 9.84 Å². The molecule has 2 heterocycles. The molecule has 0 amide bonds. The van der Waals surface area contributed by atoms with Crippen LogP contribution in [0, 0.1) is 13.8 Å². The third-order valence-corrected chi connectivity index (χ3v) is 8.59. The molecule has 0 aliphatic rings. The standard InChI is InChI=1S/C28H23NO5S2.Na/c1-16-8-13-23(34-15-18-9-11-19(12-10-18)36(3,32)33)25-21(28(30)31)14-22(29-26(16)25)27-17(2)20-6-4-5-7-24(20)35-27;/h4-14H,15H2,1-3H3,(H,30,31);/q;+1/p-1. The summed E-state index contributed by atoms with van der Waals surface area (Å²) in [7, 11) is -3.29. The van der Waals surface area contributed by atoms with Crippen LogP contribution < -0.4 is 39.4 Å². The van der Waals surface area contributed by atoms with Crippen molar-refractivity contribution in [2.45, 2.75) is 25.3 Å². The van der Waals surface area contributed by atoms with Gasteiger partial charge >= 0.3 is 29.6 Å². The predicted octanol–water partition coefficient (Wildman–Crippen LogP) is 2.08. The molecule has 0 bridgehead atoms. The van der Waals surface area contributed by atoms with Crippen molar-refractivity contribution in [1.29, 1.82) is 0 Å². The molecule has 0 aliphatic carbocycles. The Bertz CT molecular complexity index is 1760. The van der Waals surface area contributed by atoms with E-state index in [0.29, 0.717) is 22.3 Å². The minimum atomic E-state index is -3.29. The number of sulfone groups is 1. The first-order valence-electron chi connectivity index (χ1n) is 11.2. The van der Waals surface area contributed by atoms with Crippen molar-refractivity contribution in [3.05, 3.63) is 89.0 Å². The average Bonchev–Trinajstić information content (AvgIpc) is 3.19. The Morgan fingerprint density at radius 2 is 1.73 bits per heavy atom. The van der Waals surface area contributed by atoms with Gasteiger partial charge < -0.3 is 14.6 Å². The smallest absolute Gasteiger partial charge is 0.545 e. The monoisotopic (exact) mass is 539 g/mol. The van der Waals surface area contributed by atoms with Crippen LogP contribution in [-0.4, -0.2) is 25.6 Å². The fraction of sp³-hybridized carbons (Fsp3) is 0.143. The Morgan fingerprint density at radius 1 is 1.03 bits per heavy atom. The van der Waals surface area contributed by atoms with Gasteiger partial charge in [-0.15, -0.1) is 11.3 Å². The Labute approximate surface area is 241 Å². The van der Waals surface area contributed by atoms with Crippen LogP contribution in [0.2, 0.25) is 0 Å². The summed E-state index contributed by atoms with van der Waals surface area (Å²) in [5, 5.41) is 13.8. The van der Waals surface area contributed by atoms with Crippen molar-refractivity contribution >= 4 is 48.1 Å². The van der Waals surface area contributed by atoms with Crippen LogP contribution in [0.4, 0.5) is 0 Å². The number of aryl methyl sites for hydroxylation is 2. The number of thiophene rings is 1. The molecule has 0 saturated carbocycles. The van der Waals surface area contributed by atoms with E-state index in [2.05, 4.69) is 0 Å². The number of carboxylic acids is 1. The maximum atomic E-state index is 12.3. The molecule has 0 N–H and O–H groups in total. The van der Waals surface area contributed by atoms with E-state index < -0.39 is 15.8 Å². The SMILES string of the molecule is Cc1c(-c2cc(C(=O)[O-])c3c(OCc4ccc(S(C)(=O)=O)cc4)ccc(C)c3n2)sc2ccccc12.[Na+]. The number of aromatic nitrogens is 1. The first-order valence-corrected chi connectivity index (χ1v) is 13.9. The quantitative estimate of drug-likeness (QED) is 0.307. The van der Waals surface area contributed by atoms with Crippen molar-refractivity contribution < 1.29 is 52.6 Å². The summed E-state index contributed by atoms with van der Waals surface area (Å²) in [6.07, 6.45) is 1.15. The molecule has 0 spiro atoms. The summed E-state index contributed by atoms with van der Waals surface area (Å²) in [5.74, 6) is -0.940. The van der Waals surface area contributed by atoms with Crippen molar-refractivity contribution in [3.8, 4) is 16.3 Å². The van der Waals surface area contributed by atoms with Crippen LogP contribution in [0.15, 0.2) is 71.6 Å². The summed E-state index contributed by atoms with van der Waals surface area (Å²) >= 11 is 1.58. The number of carbonyl (C=O) groups is 1. The van der Waals surface area contributed by atoms with Crippen LogP contribution in [0.1, 0.15) is 27.0 Å². The van der Waals surface area contributed by atoms with Gasteiger partial charge in [-0.1, -0.05) is 36.4 Å². The minimum absolute atomic E-state index is 0. The number of fused-ring (bicyclic) bond motifs is 2. The summed E-state index contributed by atoms with van der Waals surface area (Å²) in [4.78, 5) is 18.3. The Kier molecular flexibility index (Phi) is 7.78. The summed E-state index contributed by atoms with van der Waals surface area (Å²) in [5.41, 5.74) is 3.74. The van der Waals surface area contributed by atoms with Crippen molar-refractivity contribution in [2.24, 2.45) is 0 Å². The zero-order valence-electron chi connectivity index (χ0n) is 20.9. The molecule has 6 nitrogen and oxygen atoms in total. The van der Waals surface area contributed by atoms with Gasteiger partial charge in [0.1, 0.15) is 12.4 Å². The molecule has 182 valence electrons. The number of pyridine rings is 1. The predicted molar refractivity (Wildman–Crippen MR) is 140 cm³/mol. The topological polar surface area (TPSA) is 96.4 Å². The van der Waals surface area contributed by atoms with Crippen molar-refractivity contribution in [1.82, 2.24) is 4.98 Å². The summed E-state index contributed by atoms with van der Waals surface area (Å²) in [6.45, 7) is 4.02. The van der Waals surface area contributed by atoms with E-state index >= 15 is 0 Å². The molecule has 5 aromatic rings. The van der Waals surface area contributed by atoms with Crippen molar-refractivity contribution in [3.63, 3.8) is 0 Å². The van der Waals surface area contributed by atoms with Gasteiger partial charge in [-0.2, -0.15) is 0 Å². The molecule has 0 saturated heterocycles. The zero-order valence-corrected chi connectivity index (χ0v) is 24.5. The second kappa shape index (κ2) is 10.6. The van der Waals surface area contributed by atoms with Crippen LogP contribution in [0.5, 0.6) is 5.75 Å². The second-order valence-electron chi connectivity index (χ2n) is 8.70. The molecule has 0 aliphatic heterocycles. The van der Waals surface area contributed by atoms with E-state index in [0.717, 1.165) is 37.9 Å². The van der Waals surface area contributed by atoms with Gasteiger partial charge in [0.25, 0.3) is 0 Å². The molecule has 9 heteroatoms. The minimum Gasteiger partial charge on any atom is -0.545 e. The number of benzene rings is 3. The number of nitrogens with zero attached hydrogens (tertiary/aromatic N) is 1. The van der Waals surface area contributed by atoms with Crippen LogP contribution in [-0.2, 0) is 16.4 Å². The van der Waals surface area contributed by atoms with Gasteiger partial charge in [-0.3, -0.25) is 0 Å². The van der Waals surface area contributed by atoms with Gasteiger partial charge in [-0.05, 0) is 66.3 Å². The zero-order chi connectivity index (χ0) is 25.6. The molecular formula is C28H22NNaO5S2. The van der Waals surface area contributed by atoms with E-state index in [1.54, 1.807) is 35.6 Å². The third kappa shape index (κ3) is 5.30. The largest absolute Gasteiger partial charge is 1.00 e. The molecule has 37 heavy (non-hydrogen) atoms. The molecule has 0 atom stereocenters. The van der Waals surface area contributed by atoms with Crippen molar-refractivity contribution in [2.75, 3.05) is 6.26 Å². The Morgan fingerprint density at radius 3 is 2.38 bits per heavy atom. The fourth-order valence-electron chi connectivity index (χ4n) is 4.25. The van der Waals surface area contributed by atoms with Crippen LogP contribution >= 0.6 is 11.3 Å². The van der Waals surface area contributed by atoms with E-state index in [4.69, 9.17) is 9.72 Å². The molecular weight excluding hydrogens is 517 g/mol. The number of hydrogen-bond donors (Lipinski definition) is 0. The van der Waals surface area contributed by atoms with Crippen LogP contribution in [0.3, 0.4) is 0 Å². The average molecular weight is 540 g/mol. The molecule has 3 aromatic carbocycles. The molecule has 0 unspecified atom stereocenters. The van der Waals surface area contributed by atoms with E-state index in [1.165, 1.54) is 12.1 Å². The maximum Gasteiger partial charge on any atom is 1.00 e. The van der Waals surface area contributed by atoms with Gasteiger partial charge in [0.2, 0.25) is 0 Å². The molecule has 0 fully saturated rings. The molecule has 0 radical (unpaired) electrons. The van der Waals surface area contributed by atoms with E-state index in [-0.39, 0.29) is 46.6 Å². The number of ether oxygens (including phenoxy) is 1. The van der Waals surface area contributed by atoms with Gasteiger partial charge in [0, 0.05) is 16.5 Å². The van der Waals surface area contributed by atoms with E-state index in [9.17, 15) is 18.3 Å². The van der Waals surface area contributed by atoms with Gasteiger partial charge in [-0.25, -0.2) is 13.4 Å². The first kappa shape index (κ1) is 27.3. The third-order valence-electron chi connectivity index (χ3n) is 6.17. The maximum absolute atomic E-state index is 12.3. The molecule has 2 aromatic heterocycles. The summed E-state index contributed by atoms with van der Waals surface area (Å²) < 4.78 is 30.5. The Balaban J connectivity index is 0.00000320. The number of carboxylic acid groups (broad SMARTS) is 1. The fourth-order valence-corrected chi connectivity index (χ4v) is 6.05. The number of aromatic carboxylic acids is 1. The van der Waals surface area contributed by atoms with E-state index in [1.807, 2.05) is 44.2 Å². The number of carbonyl (C=O) groups excluding carboxylic acids is 1. The molecule has 5 rings (SSSR count). The number of rotatable bonds is 6. The second-order valence-corrected chi connectivity index (χ2v) is 11.8. The normalized spacial score (nSPS) is 11.4. The first-order chi connectivity index (χ1) is 17.1.